The van der Waals surface area contributed by atoms with Crippen molar-refractivity contribution < 1.29 is 18.0 Å². The van der Waals surface area contributed by atoms with Crippen LogP contribution in [0.4, 0.5) is 13.2 Å². The Morgan fingerprint density at radius 1 is 1.17 bits per heavy atom. The van der Waals surface area contributed by atoms with Gasteiger partial charge in [-0.25, -0.2) is 0 Å². The van der Waals surface area contributed by atoms with Gasteiger partial charge in [0.1, 0.15) is 6.07 Å². The number of nitrogens with zero attached hydrogens (tertiary/aromatic N) is 3. The summed E-state index contributed by atoms with van der Waals surface area (Å²) in [6, 6.07) is 10.4. The van der Waals surface area contributed by atoms with Crippen LogP contribution in [0.15, 0.2) is 36.4 Å². The number of carbonyl (C=O) groups excluding carboxylic acids is 1. The lowest BCUT2D eigenvalue weighted by atomic mass is 9.97. The van der Waals surface area contributed by atoms with Gasteiger partial charge in [0.05, 0.1) is 11.6 Å². The first-order valence-electron chi connectivity index (χ1n) is 7.24. The molecule has 1 atom stereocenters. The minimum absolute atomic E-state index is 0.122. The molecule has 2 rings (SSSR count). The van der Waals surface area contributed by atoms with Crippen LogP contribution >= 0.6 is 0 Å². The highest BCUT2D eigenvalue weighted by Crippen LogP contribution is 2.34. The Morgan fingerprint density at radius 2 is 1.83 bits per heavy atom. The lowest BCUT2D eigenvalue weighted by Crippen LogP contribution is -2.17. The topological polar surface area (TPSA) is 66.6 Å². The molecule has 1 aromatic carbocycles. The molecule has 0 aliphatic heterocycles. The molecular formula is C17H14F3N3O. The molecule has 0 amide bonds. The quantitative estimate of drug-likeness (QED) is 0.780. The van der Waals surface area contributed by atoms with Crippen LogP contribution < -0.4 is 0 Å². The third kappa shape index (κ3) is 4.38. The van der Waals surface area contributed by atoms with Crippen LogP contribution in [0.1, 0.15) is 46.6 Å². The van der Waals surface area contributed by atoms with Gasteiger partial charge < -0.3 is 0 Å². The molecular weight excluding hydrogens is 319 g/mol. The molecule has 0 saturated carbocycles. The number of alkyl halides is 3. The number of rotatable bonds is 5. The third-order valence-corrected chi connectivity index (χ3v) is 3.67. The standard InChI is InChI=1S/C17H14F3N3O/c1-11(17(18,19)20)12-2-4-13(5-3-12)16(24)9-8-14-6-7-15(10-21)23-22-14/h2-7,11H,8-9H2,1H3. The zero-order valence-electron chi connectivity index (χ0n) is 12.8. The Hall–Kier alpha value is -2.75. The SMILES string of the molecule is CC(c1ccc(C(=O)CCc2ccc(C#N)nn2)cc1)C(F)(F)F. The molecule has 0 bridgehead atoms. The van der Waals surface area contributed by atoms with E-state index in [0.29, 0.717) is 17.7 Å². The summed E-state index contributed by atoms with van der Waals surface area (Å²) in [4.78, 5) is 12.1. The summed E-state index contributed by atoms with van der Waals surface area (Å²) in [6.07, 6.45) is -3.80. The highest BCUT2D eigenvalue weighted by molar-refractivity contribution is 5.96. The molecule has 0 radical (unpaired) electrons. The summed E-state index contributed by atoms with van der Waals surface area (Å²) in [5.74, 6) is -1.76. The van der Waals surface area contributed by atoms with Gasteiger partial charge in [-0.2, -0.15) is 23.5 Å². The number of aromatic nitrogens is 2. The molecule has 1 unspecified atom stereocenters. The van der Waals surface area contributed by atoms with Crippen LogP contribution in [0.25, 0.3) is 0 Å². The van der Waals surface area contributed by atoms with E-state index < -0.39 is 12.1 Å². The first-order valence-corrected chi connectivity index (χ1v) is 7.24. The number of Topliss-reactive ketones (excluding diaryl/α,β-unsaturated/α-hetero) is 1. The molecule has 124 valence electrons. The Morgan fingerprint density at radius 3 is 2.33 bits per heavy atom. The van der Waals surface area contributed by atoms with E-state index in [2.05, 4.69) is 10.2 Å². The van der Waals surface area contributed by atoms with Gasteiger partial charge in [-0.15, -0.1) is 5.10 Å². The molecule has 0 aliphatic rings. The first kappa shape index (κ1) is 17.6. The van der Waals surface area contributed by atoms with Crippen molar-refractivity contribution >= 4 is 5.78 Å². The maximum atomic E-state index is 12.7. The normalized spacial score (nSPS) is 12.5. The number of carbonyl (C=O) groups is 1. The molecule has 0 fully saturated rings. The van der Waals surface area contributed by atoms with Crippen LogP contribution in [0, 0.1) is 11.3 Å². The molecule has 1 aromatic heterocycles. The first-order chi connectivity index (χ1) is 11.3. The second-order valence-electron chi connectivity index (χ2n) is 5.33. The molecule has 1 heterocycles. The zero-order chi connectivity index (χ0) is 17.7. The highest BCUT2D eigenvalue weighted by Gasteiger charge is 2.36. The van der Waals surface area contributed by atoms with Crippen molar-refractivity contribution in [3.63, 3.8) is 0 Å². The number of ketones is 1. The van der Waals surface area contributed by atoms with E-state index in [0.717, 1.165) is 6.92 Å². The Kier molecular flexibility index (Phi) is 5.29. The van der Waals surface area contributed by atoms with Crippen LogP contribution in [0.3, 0.4) is 0 Å². The second kappa shape index (κ2) is 7.21. The van der Waals surface area contributed by atoms with Crippen molar-refractivity contribution in [2.75, 3.05) is 0 Å². The Balaban J connectivity index is 1.98. The maximum absolute atomic E-state index is 12.7. The summed E-state index contributed by atoms with van der Waals surface area (Å²) < 4.78 is 38.0. The van der Waals surface area contributed by atoms with E-state index in [9.17, 15) is 18.0 Å². The minimum Gasteiger partial charge on any atom is -0.294 e. The Bertz CT molecular complexity index is 747. The van der Waals surface area contributed by atoms with Crippen molar-refractivity contribution in [1.29, 1.82) is 5.26 Å². The van der Waals surface area contributed by atoms with Crippen molar-refractivity contribution in [1.82, 2.24) is 10.2 Å². The second-order valence-corrected chi connectivity index (χ2v) is 5.33. The predicted octanol–water partition coefficient (Wildman–Crippen LogP) is 3.83. The molecule has 0 saturated heterocycles. The number of aryl methyl sites for hydroxylation is 1. The molecule has 7 heteroatoms. The number of hydrogen-bond acceptors (Lipinski definition) is 4. The lowest BCUT2D eigenvalue weighted by Gasteiger charge is -2.16. The highest BCUT2D eigenvalue weighted by atomic mass is 19.4. The fourth-order valence-electron chi connectivity index (χ4n) is 2.09. The van der Waals surface area contributed by atoms with E-state index in [4.69, 9.17) is 5.26 Å². The molecule has 0 N–H and O–H groups in total. The van der Waals surface area contributed by atoms with E-state index in [-0.39, 0.29) is 23.5 Å². The van der Waals surface area contributed by atoms with E-state index in [1.54, 1.807) is 6.07 Å². The smallest absolute Gasteiger partial charge is 0.294 e. The van der Waals surface area contributed by atoms with E-state index in [1.165, 1.54) is 30.3 Å². The van der Waals surface area contributed by atoms with Gasteiger partial charge in [0.15, 0.2) is 11.5 Å². The molecule has 0 spiro atoms. The van der Waals surface area contributed by atoms with Gasteiger partial charge >= 0.3 is 6.18 Å². The fraction of sp³-hybridized carbons (Fsp3) is 0.294. The fourth-order valence-corrected chi connectivity index (χ4v) is 2.09. The van der Waals surface area contributed by atoms with Gasteiger partial charge in [0.2, 0.25) is 0 Å². The predicted molar refractivity (Wildman–Crippen MR) is 80.3 cm³/mol. The van der Waals surface area contributed by atoms with Crippen LogP contribution in [0.2, 0.25) is 0 Å². The summed E-state index contributed by atoms with van der Waals surface area (Å²) in [5, 5.41) is 16.1. The lowest BCUT2D eigenvalue weighted by molar-refractivity contribution is -0.146. The maximum Gasteiger partial charge on any atom is 0.395 e. The van der Waals surface area contributed by atoms with Crippen LogP contribution in [-0.2, 0) is 6.42 Å². The van der Waals surface area contributed by atoms with Gasteiger partial charge in [-0.3, -0.25) is 4.79 Å². The van der Waals surface area contributed by atoms with Gasteiger partial charge in [0, 0.05) is 12.0 Å². The van der Waals surface area contributed by atoms with Crippen LogP contribution in [-0.4, -0.2) is 22.2 Å². The average Bonchev–Trinajstić information content (AvgIpc) is 2.58. The largest absolute Gasteiger partial charge is 0.395 e. The number of nitriles is 1. The zero-order valence-corrected chi connectivity index (χ0v) is 12.8. The Labute approximate surface area is 137 Å². The monoisotopic (exact) mass is 333 g/mol. The van der Waals surface area contributed by atoms with E-state index >= 15 is 0 Å². The number of benzene rings is 1. The molecule has 24 heavy (non-hydrogen) atoms. The summed E-state index contributed by atoms with van der Waals surface area (Å²) in [7, 11) is 0. The summed E-state index contributed by atoms with van der Waals surface area (Å²) >= 11 is 0. The number of halogens is 3. The minimum atomic E-state index is -4.31. The van der Waals surface area contributed by atoms with Crippen molar-refractivity contribution in [2.24, 2.45) is 0 Å². The van der Waals surface area contributed by atoms with Crippen molar-refractivity contribution in [2.45, 2.75) is 31.9 Å². The van der Waals surface area contributed by atoms with Crippen molar-refractivity contribution in [3.05, 3.63) is 58.9 Å². The molecule has 4 nitrogen and oxygen atoms in total. The van der Waals surface area contributed by atoms with Gasteiger partial charge in [0.25, 0.3) is 0 Å². The molecule has 2 aromatic rings. The van der Waals surface area contributed by atoms with E-state index in [1.807, 2.05) is 6.07 Å². The summed E-state index contributed by atoms with van der Waals surface area (Å²) in [6.45, 7) is 1.08. The van der Waals surface area contributed by atoms with Crippen molar-refractivity contribution in [3.8, 4) is 6.07 Å². The van der Waals surface area contributed by atoms with Gasteiger partial charge in [-0.05, 0) is 31.0 Å². The number of hydrogen-bond donors (Lipinski definition) is 0. The van der Waals surface area contributed by atoms with Gasteiger partial charge in [-0.1, -0.05) is 24.3 Å². The van der Waals surface area contributed by atoms with Crippen LogP contribution in [0.5, 0.6) is 0 Å². The summed E-state index contributed by atoms with van der Waals surface area (Å²) in [5.41, 5.74) is 1.25. The molecule has 0 aliphatic carbocycles. The average molecular weight is 333 g/mol. The third-order valence-electron chi connectivity index (χ3n) is 3.67.